The lowest BCUT2D eigenvalue weighted by Gasteiger charge is -2.21. The van der Waals surface area contributed by atoms with Crippen LogP contribution in [0.1, 0.15) is 17.1 Å². The van der Waals surface area contributed by atoms with Crippen molar-refractivity contribution >= 4 is 17.3 Å². The maximum atomic E-state index is 9.38. The zero-order valence-electron chi connectivity index (χ0n) is 10.5. The second-order valence-corrected chi connectivity index (χ2v) is 4.67. The van der Waals surface area contributed by atoms with Gasteiger partial charge in [-0.3, -0.25) is 0 Å². The van der Waals surface area contributed by atoms with Crippen molar-refractivity contribution in [1.82, 2.24) is 0 Å². The third-order valence-electron chi connectivity index (χ3n) is 2.85. The van der Waals surface area contributed by atoms with Crippen molar-refractivity contribution in [3.63, 3.8) is 0 Å². The Hall–Kier alpha value is -1.45. The molecular formula is C14H16ClNO2. The van der Waals surface area contributed by atoms with Crippen LogP contribution >= 0.6 is 11.6 Å². The van der Waals surface area contributed by atoms with Crippen molar-refractivity contribution in [3.05, 3.63) is 52.4 Å². The Labute approximate surface area is 112 Å². The van der Waals surface area contributed by atoms with E-state index in [1.807, 2.05) is 43.1 Å². The van der Waals surface area contributed by atoms with Crippen molar-refractivity contribution in [2.45, 2.75) is 20.1 Å². The predicted molar refractivity (Wildman–Crippen MR) is 72.9 cm³/mol. The van der Waals surface area contributed by atoms with E-state index in [0.717, 1.165) is 22.8 Å². The number of aliphatic hydroxyl groups is 1. The van der Waals surface area contributed by atoms with Gasteiger partial charge in [-0.2, -0.15) is 0 Å². The molecule has 0 aliphatic heterocycles. The Balaban J connectivity index is 2.23. The molecule has 0 unspecified atom stereocenters. The fourth-order valence-electron chi connectivity index (χ4n) is 1.95. The number of anilines is 1. The van der Waals surface area contributed by atoms with Crippen LogP contribution in [0.5, 0.6) is 0 Å². The molecule has 3 nitrogen and oxygen atoms in total. The summed E-state index contributed by atoms with van der Waals surface area (Å²) in [4.78, 5) is 2.01. The smallest absolute Gasteiger partial charge is 0.123 e. The number of rotatable bonds is 4. The maximum absolute atomic E-state index is 9.38. The minimum atomic E-state index is -0.0729. The van der Waals surface area contributed by atoms with E-state index in [2.05, 4.69) is 0 Å². The molecule has 0 aliphatic rings. The average molecular weight is 266 g/mol. The van der Waals surface area contributed by atoms with Crippen molar-refractivity contribution < 1.29 is 9.52 Å². The molecule has 0 atom stereocenters. The van der Waals surface area contributed by atoms with Crippen LogP contribution in [0.15, 0.2) is 34.7 Å². The van der Waals surface area contributed by atoms with E-state index < -0.39 is 0 Å². The van der Waals surface area contributed by atoms with E-state index in [9.17, 15) is 5.11 Å². The highest BCUT2D eigenvalue weighted by atomic mass is 35.5. The van der Waals surface area contributed by atoms with Gasteiger partial charge in [0.1, 0.15) is 11.5 Å². The van der Waals surface area contributed by atoms with Crippen LogP contribution in [-0.4, -0.2) is 12.2 Å². The summed E-state index contributed by atoms with van der Waals surface area (Å²) >= 11 is 6.07. The van der Waals surface area contributed by atoms with Crippen LogP contribution in [0.3, 0.4) is 0 Å². The van der Waals surface area contributed by atoms with Gasteiger partial charge in [-0.1, -0.05) is 17.7 Å². The third-order valence-corrected chi connectivity index (χ3v) is 3.21. The first-order chi connectivity index (χ1) is 8.61. The second-order valence-electron chi connectivity index (χ2n) is 4.26. The van der Waals surface area contributed by atoms with E-state index in [0.29, 0.717) is 11.6 Å². The summed E-state index contributed by atoms with van der Waals surface area (Å²) in [5.74, 6) is 1.78. The third kappa shape index (κ3) is 2.68. The quantitative estimate of drug-likeness (QED) is 0.921. The van der Waals surface area contributed by atoms with Gasteiger partial charge in [0.05, 0.1) is 13.2 Å². The summed E-state index contributed by atoms with van der Waals surface area (Å²) < 4.78 is 5.54. The van der Waals surface area contributed by atoms with Gasteiger partial charge in [-0.25, -0.2) is 0 Å². The molecule has 1 heterocycles. The number of furan rings is 1. The summed E-state index contributed by atoms with van der Waals surface area (Å²) in [7, 11) is 1.95. The van der Waals surface area contributed by atoms with Gasteiger partial charge in [0, 0.05) is 23.3 Å². The monoisotopic (exact) mass is 265 g/mol. The molecule has 1 N–H and O–H groups in total. The number of hydrogen-bond acceptors (Lipinski definition) is 3. The molecule has 1 aromatic heterocycles. The summed E-state index contributed by atoms with van der Waals surface area (Å²) in [6.07, 6.45) is 0. The van der Waals surface area contributed by atoms with E-state index in [4.69, 9.17) is 16.0 Å². The maximum Gasteiger partial charge on any atom is 0.123 e. The standard InChI is InChI=1S/C14H16ClNO2/c1-10-6-7-11(18-10)8-16(2)14-5-3-4-13(15)12(14)9-17/h3-7,17H,8-9H2,1-2H3. The van der Waals surface area contributed by atoms with Crippen molar-refractivity contribution in [1.29, 1.82) is 0 Å². The summed E-state index contributed by atoms with van der Waals surface area (Å²) in [5.41, 5.74) is 1.66. The van der Waals surface area contributed by atoms with Gasteiger partial charge in [0.25, 0.3) is 0 Å². The number of nitrogens with zero attached hydrogens (tertiary/aromatic N) is 1. The van der Waals surface area contributed by atoms with Gasteiger partial charge in [0.15, 0.2) is 0 Å². The molecule has 0 amide bonds. The van der Waals surface area contributed by atoms with Crippen molar-refractivity contribution in [3.8, 4) is 0 Å². The normalized spacial score (nSPS) is 10.7. The lowest BCUT2D eigenvalue weighted by Crippen LogP contribution is -2.17. The highest BCUT2D eigenvalue weighted by Crippen LogP contribution is 2.28. The Bertz CT molecular complexity index is 536. The number of aryl methyl sites for hydroxylation is 1. The van der Waals surface area contributed by atoms with Gasteiger partial charge in [-0.15, -0.1) is 0 Å². The van der Waals surface area contributed by atoms with Gasteiger partial charge in [0.2, 0.25) is 0 Å². The molecule has 0 fully saturated rings. The largest absolute Gasteiger partial charge is 0.464 e. The van der Waals surface area contributed by atoms with Crippen LogP contribution in [0.2, 0.25) is 5.02 Å². The topological polar surface area (TPSA) is 36.6 Å². The SMILES string of the molecule is Cc1ccc(CN(C)c2cccc(Cl)c2CO)o1. The molecule has 0 radical (unpaired) electrons. The Morgan fingerprint density at radius 2 is 2.06 bits per heavy atom. The predicted octanol–water partition coefficient (Wildman–Crippen LogP) is 3.37. The van der Waals surface area contributed by atoms with Crippen molar-refractivity contribution in [2.24, 2.45) is 0 Å². The molecule has 0 spiro atoms. The van der Waals surface area contributed by atoms with Gasteiger partial charge >= 0.3 is 0 Å². The summed E-state index contributed by atoms with van der Waals surface area (Å²) in [6, 6.07) is 9.48. The number of halogens is 1. The van der Waals surface area contributed by atoms with Gasteiger partial charge < -0.3 is 14.4 Å². The minimum Gasteiger partial charge on any atom is -0.464 e. The van der Waals surface area contributed by atoms with Crippen LogP contribution in [0.4, 0.5) is 5.69 Å². The van der Waals surface area contributed by atoms with Crippen LogP contribution in [-0.2, 0) is 13.2 Å². The highest BCUT2D eigenvalue weighted by Gasteiger charge is 2.11. The Morgan fingerprint density at radius 1 is 1.28 bits per heavy atom. The molecule has 96 valence electrons. The first kappa shape index (κ1) is 13.0. The number of hydrogen-bond donors (Lipinski definition) is 1. The lowest BCUT2D eigenvalue weighted by atomic mass is 10.1. The van der Waals surface area contributed by atoms with Crippen LogP contribution in [0.25, 0.3) is 0 Å². The zero-order chi connectivity index (χ0) is 13.1. The number of benzene rings is 1. The fraction of sp³-hybridized carbons (Fsp3) is 0.286. The van der Waals surface area contributed by atoms with E-state index >= 15 is 0 Å². The van der Waals surface area contributed by atoms with Crippen molar-refractivity contribution in [2.75, 3.05) is 11.9 Å². The average Bonchev–Trinajstić information content (AvgIpc) is 2.74. The van der Waals surface area contributed by atoms with Gasteiger partial charge in [-0.05, 0) is 31.2 Å². The van der Waals surface area contributed by atoms with E-state index in [1.165, 1.54) is 0 Å². The Kier molecular flexibility index (Phi) is 3.94. The number of aliphatic hydroxyl groups excluding tert-OH is 1. The first-order valence-electron chi connectivity index (χ1n) is 5.76. The summed E-state index contributed by atoms with van der Waals surface area (Å²) in [5, 5.41) is 9.96. The molecule has 2 aromatic rings. The molecule has 0 bridgehead atoms. The molecule has 0 saturated carbocycles. The molecule has 1 aromatic carbocycles. The van der Waals surface area contributed by atoms with Crippen LogP contribution < -0.4 is 4.90 Å². The molecule has 18 heavy (non-hydrogen) atoms. The minimum absolute atomic E-state index is 0.0729. The lowest BCUT2D eigenvalue weighted by molar-refractivity contribution is 0.282. The molecule has 0 saturated heterocycles. The fourth-order valence-corrected chi connectivity index (χ4v) is 2.18. The molecular weight excluding hydrogens is 250 g/mol. The van der Waals surface area contributed by atoms with E-state index in [-0.39, 0.29) is 6.61 Å². The molecule has 2 rings (SSSR count). The highest BCUT2D eigenvalue weighted by molar-refractivity contribution is 6.31. The second kappa shape index (κ2) is 5.46. The summed E-state index contributed by atoms with van der Waals surface area (Å²) in [6.45, 7) is 2.49. The van der Waals surface area contributed by atoms with E-state index in [1.54, 1.807) is 6.07 Å². The molecule has 4 heteroatoms. The van der Waals surface area contributed by atoms with Crippen LogP contribution in [0, 0.1) is 6.92 Å². The Morgan fingerprint density at radius 3 is 2.67 bits per heavy atom. The first-order valence-corrected chi connectivity index (χ1v) is 6.14. The zero-order valence-corrected chi connectivity index (χ0v) is 11.2. The molecule has 0 aliphatic carbocycles.